The van der Waals surface area contributed by atoms with E-state index in [-0.39, 0.29) is 0 Å². The molecule has 94 valence electrons. The Morgan fingerprint density at radius 2 is 1.50 bits per heavy atom. The Balaban J connectivity index is 2.01. The molecule has 0 aliphatic heterocycles. The molecule has 2 heterocycles. The molecule has 0 unspecified atom stereocenters. The lowest BCUT2D eigenvalue weighted by atomic mass is 10.0. The van der Waals surface area contributed by atoms with Crippen molar-refractivity contribution >= 4 is 21.7 Å². The van der Waals surface area contributed by atoms with Crippen LogP contribution in [0.1, 0.15) is 0 Å². The van der Waals surface area contributed by atoms with Crippen molar-refractivity contribution in [3.63, 3.8) is 0 Å². The van der Waals surface area contributed by atoms with E-state index < -0.39 is 0 Å². The van der Waals surface area contributed by atoms with E-state index >= 15 is 0 Å². The highest BCUT2D eigenvalue weighted by atomic mass is 14.7. The molecule has 0 N–H and O–H groups in total. The van der Waals surface area contributed by atoms with Gasteiger partial charge in [-0.05, 0) is 23.6 Å². The summed E-state index contributed by atoms with van der Waals surface area (Å²) in [6.45, 7) is 0. The van der Waals surface area contributed by atoms with Crippen molar-refractivity contribution in [2.24, 2.45) is 0 Å². The van der Waals surface area contributed by atoms with Gasteiger partial charge < -0.3 is 0 Å². The summed E-state index contributed by atoms with van der Waals surface area (Å²) in [6, 6.07) is 20.6. The highest BCUT2D eigenvalue weighted by Crippen LogP contribution is 2.27. The predicted molar refractivity (Wildman–Crippen MR) is 82.5 cm³/mol. The molecule has 0 fully saturated rings. The van der Waals surface area contributed by atoms with Gasteiger partial charge in [0, 0.05) is 28.7 Å². The number of hydrogen-bond acceptors (Lipinski definition) is 2. The highest BCUT2D eigenvalue weighted by molar-refractivity contribution is 5.95. The average molecular weight is 256 g/mol. The Bertz CT molecular complexity index is 908. The van der Waals surface area contributed by atoms with Gasteiger partial charge in [-0.2, -0.15) is 0 Å². The van der Waals surface area contributed by atoms with Crippen LogP contribution in [0.4, 0.5) is 0 Å². The van der Waals surface area contributed by atoms with E-state index in [0.717, 1.165) is 27.5 Å². The van der Waals surface area contributed by atoms with Gasteiger partial charge in [0.05, 0.1) is 11.2 Å². The van der Waals surface area contributed by atoms with E-state index in [1.54, 1.807) is 0 Å². The molecule has 4 aromatic rings. The molecular weight excluding hydrogens is 244 g/mol. The first-order valence-corrected chi connectivity index (χ1v) is 6.61. The normalized spacial score (nSPS) is 11.0. The fraction of sp³-hybridized carbons (Fsp3) is 0. The summed E-state index contributed by atoms with van der Waals surface area (Å²) >= 11 is 0. The molecule has 4 rings (SSSR count). The van der Waals surface area contributed by atoms with Crippen LogP contribution in [0, 0.1) is 0 Å². The number of rotatable bonds is 1. The fourth-order valence-electron chi connectivity index (χ4n) is 2.55. The average Bonchev–Trinajstić information content (AvgIpc) is 2.54. The van der Waals surface area contributed by atoms with E-state index in [1.165, 1.54) is 5.39 Å². The van der Waals surface area contributed by atoms with Crippen LogP contribution >= 0.6 is 0 Å². The Morgan fingerprint density at radius 1 is 0.700 bits per heavy atom. The lowest BCUT2D eigenvalue weighted by molar-refractivity contribution is 1.34. The van der Waals surface area contributed by atoms with Gasteiger partial charge in [0.2, 0.25) is 0 Å². The van der Waals surface area contributed by atoms with Crippen LogP contribution in [0.5, 0.6) is 0 Å². The second kappa shape index (κ2) is 4.42. The minimum Gasteiger partial charge on any atom is -0.256 e. The minimum absolute atomic E-state index is 0.988. The lowest BCUT2D eigenvalue weighted by Gasteiger charge is -2.06. The van der Waals surface area contributed by atoms with Gasteiger partial charge in [0.1, 0.15) is 0 Å². The predicted octanol–water partition coefficient (Wildman–Crippen LogP) is 4.45. The monoisotopic (exact) mass is 256 g/mol. The highest BCUT2D eigenvalue weighted by Gasteiger charge is 2.06. The zero-order chi connectivity index (χ0) is 13.4. The zero-order valence-electron chi connectivity index (χ0n) is 10.8. The molecule has 0 bridgehead atoms. The van der Waals surface area contributed by atoms with Crippen LogP contribution in [0.25, 0.3) is 32.9 Å². The molecule has 0 atom stereocenters. The zero-order valence-corrected chi connectivity index (χ0v) is 10.8. The summed E-state index contributed by atoms with van der Waals surface area (Å²) in [4.78, 5) is 9.00. The molecule has 0 amide bonds. The van der Waals surface area contributed by atoms with Crippen LogP contribution in [0.3, 0.4) is 0 Å². The van der Waals surface area contributed by atoms with Crippen molar-refractivity contribution in [3.05, 3.63) is 73.1 Å². The van der Waals surface area contributed by atoms with Crippen molar-refractivity contribution in [1.82, 2.24) is 9.97 Å². The number of hydrogen-bond donors (Lipinski definition) is 0. The summed E-state index contributed by atoms with van der Waals surface area (Å²) in [7, 11) is 0. The topological polar surface area (TPSA) is 25.8 Å². The molecule has 0 saturated carbocycles. The fourth-order valence-corrected chi connectivity index (χ4v) is 2.55. The number of para-hydroxylation sites is 1. The Hall–Kier alpha value is -2.74. The smallest absolute Gasteiger partial charge is 0.0715 e. The van der Waals surface area contributed by atoms with Gasteiger partial charge >= 0.3 is 0 Å². The second-order valence-electron chi connectivity index (χ2n) is 4.79. The van der Waals surface area contributed by atoms with Crippen molar-refractivity contribution < 1.29 is 0 Å². The number of nitrogens with zero attached hydrogens (tertiary/aromatic N) is 2. The van der Waals surface area contributed by atoms with E-state index in [9.17, 15) is 0 Å². The molecule has 0 aliphatic carbocycles. The molecule has 0 saturated heterocycles. The molecule has 2 aromatic carbocycles. The molecule has 2 aromatic heterocycles. The Labute approximate surface area is 116 Å². The first kappa shape index (κ1) is 11.1. The van der Waals surface area contributed by atoms with Crippen LogP contribution < -0.4 is 0 Å². The van der Waals surface area contributed by atoms with Gasteiger partial charge in [-0.3, -0.25) is 9.97 Å². The maximum Gasteiger partial charge on any atom is 0.0715 e. The standard InChI is InChI=1S/C18H12N2/c1-2-6-14-12-20-18(11-13(14)5-1)16-9-10-19-17-8-4-3-7-15(16)17/h1-12H. The SMILES string of the molecule is c1ccc2cc(-c3ccnc4ccccc34)ncc2c1. The van der Waals surface area contributed by atoms with Crippen molar-refractivity contribution in [3.8, 4) is 11.3 Å². The van der Waals surface area contributed by atoms with E-state index in [4.69, 9.17) is 0 Å². The summed E-state index contributed by atoms with van der Waals surface area (Å²) < 4.78 is 0. The van der Waals surface area contributed by atoms with Gasteiger partial charge in [-0.15, -0.1) is 0 Å². The number of fused-ring (bicyclic) bond motifs is 2. The molecule has 2 nitrogen and oxygen atoms in total. The van der Waals surface area contributed by atoms with Crippen LogP contribution in [0.15, 0.2) is 73.1 Å². The van der Waals surface area contributed by atoms with E-state index in [1.807, 2.05) is 42.7 Å². The quantitative estimate of drug-likeness (QED) is 0.503. The molecule has 20 heavy (non-hydrogen) atoms. The Morgan fingerprint density at radius 3 is 2.45 bits per heavy atom. The molecule has 0 radical (unpaired) electrons. The minimum atomic E-state index is 0.988. The van der Waals surface area contributed by atoms with Crippen LogP contribution in [0.2, 0.25) is 0 Å². The first-order valence-electron chi connectivity index (χ1n) is 6.61. The van der Waals surface area contributed by atoms with Gasteiger partial charge in [0.25, 0.3) is 0 Å². The third-order valence-corrected chi connectivity index (χ3v) is 3.56. The molecule has 0 spiro atoms. The van der Waals surface area contributed by atoms with Gasteiger partial charge in [-0.25, -0.2) is 0 Å². The Kier molecular flexibility index (Phi) is 2.46. The number of aromatic nitrogens is 2. The maximum atomic E-state index is 4.60. The summed E-state index contributed by atoms with van der Waals surface area (Å²) in [5.74, 6) is 0. The summed E-state index contributed by atoms with van der Waals surface area (Å²) in [6.07, 6.45) is 3.77. The van der Waals surface area contributed by atoms with Crippen LogP contribution in [-0.4, -0.2) is 9.97 Å². The largest absolute Gasteiger partial charge is 0.256 e. The maximum absolute atomic E-state index is 4.60. The number of pyridine rings is 2. The van der Waals surface area contributed by atoms with Gasteiger partial charge in [-0.1, -0.05) is 42.5 Å². The van der Waals surface area contributed by atoms with Gasteiger partial charge in [0.15, 0.2) is 0 Å². The summed E-state index contributed by atoms with van der Waals surface area (Å²) in [5, 5.41) is 3.51. The van der Waals surface area contributed by atoms with E-state index in [2.05, 4.69) is 40.3 Å². The first-order chi connectivity index (χ1) is 9.92. The van der Waals surface area contributed by atoms with Crippen LogP contribution in [-0.2, 0) is 0 Å². The van der Waals surface area contributed by atoms with Crippen molar-refractivity contribution in [2.75, 3.05) is 0 Å². The molecule has 0 aliphatic rings. The van der Waals surface area contributed by atoms with Crippen molar-refractivity contribution in [1.29, 1.82) is 0 Å². The molecule has 2 heteroatoms. The lowest BCUT2D eigenvalue weighted by Crippen LogP contribution is -1.87. The third-order valence-electron chi connectivity index (χ3n) is 3.56. The summed E-state index contributed by atoms with van der Waals surface area (Å²) in [5.41, 5.74) is 3.11. The van der Waals surface area contributed by atoms with Crippen molar-refractivity contribution in [2.45, 2.75) is 0 Å². The third kappa shape index (κ3) is 1.74. The second-order valence-corrected chi connectivity index (χ2v) is 4.79. The number of benzene rings is 2. The van der Waals surface area contributed by atoms with E-state index in [0.29, 0.717) is 0 Å². The molecular formula is C18H12N2.